The Morgan fingerprint density at radius 3 is 1.91 bits per heavy atom. The molecule has 2 N–H and O–H groups in total. The van der Waals surface area contributed by atoms with E-state index in [1.54, 1.807) is 0 Å². The summed E-state index contributed by atoms with van der Waals surface area (Å²) in [6, 6.07) is 0. The Balaban J connectivity index is 2.39. The normalized spacial score (nSPS) is 33.8. The van der Waals surface area contributed by atoms with Crippen LogP contribution in [0.4, 0.5) is 0 Å². The molecular weight excluding hydrogens is 136 g/mol. The van der Waals surface area contributed by atoms with Gasteiger partial charge in [0.2, 0.25) is 0 Å². The second-order valence-electron chi connectivity index (χ2n) is 4.72. The molecule has 0 spiro atoms. The summed E-state index contributed by atoms with van der Waals surface area (Å²) in [6.45, 7) is 11.3. The first-order chi connectivity index (χ1) is 5.00. The van der Waals surface area contributed by atoms with E-state index in [4.69, 9.17) is 0 Å². The summed E-state index contributed by atoms with van der Waals surface area (Å²) < 4.78 is 0. The molecule has 0 aromatic rings. The summed E-state index contributed by atoms with van der Waals surface area (Å²) in [4.78, 5) is 0. The van der Waals surface area contributed by atoms with Crippen LogP contribution < -0.4 is 10.6 Å². The molecule has 0 aliphatic carbocycles. The Hall–Kier alpha value is -0.0800. The lowest BCUT2D eigenvalue weighted by atomic mass is 9.90. The van der Waals surface area contributed by atoms with Crippen molar-refractivity contribution in [1.29, 1.82) is 0 Å². The fourth-order valence-electron chi connectivity index (χ4n) is 1.39. The van der Waals surface area contributed by atoms with Gasteiger partial charge >= 0.3 is 0 Å². The molecule has 2 heteroatoms. The Kier molecular flexibility index (Phi) is 2.55. The van der Waals surface area contributed by atoms with Gasteiger partial charge in [-0.1, -0.05) is 27.7 Å². The van der Waals surface area contributed by atoms with Crippen LogP contribution in [0.5, 0.6) is 0 Å². The number of nitrogens with one attached hydrogen (secondary N) is 2. The number of rotatable bonds is 0. The highest BCUT2D eigenvalue weighted by Gasteiger charge is 2.27. The molecule has 2 nitrogen and oxygen atoms in total. The maximum absolute atomic E-state index is 3.50. The van der Waals surface area contributed by atoms with Crippen LogP contribution in [0.3, 0.4) is 0 Å². The van der Waals surface area contributed by atoms with E-state index in [2.05, 4.69) is 38.3 Å². The highest BCUT2D eigenvalue weighted by molar-refractivity contribution is 4.83. The molecule has 1 rings (SSSR count). The van der Waals surface area contributed by atoms with Crippen LogP contribution in [-0.4, -0.2) is 19.3 Å². The smallest absolute Gasteiger partial charge is 0.0621 e. The first-order valence-electron chi connectivity index (χ1n) is 4.47. The summed E-state index contributed by atoms with van der Waals surface area (Å²) in [5, 5.41) is 7.00. The summed E-state index contributed by atoms with van der Waals surface area (Å²) in [5.74, 6) is 0.772. The van der Waals surface area contributed by atoms with E-state index in [0.29, 0.717) is 11.6 Å². The van der Waals surface area contributed by atoms with Crippen molar-refractivity contribution in [2.75, 3.05) is 13.1 Å². The summed E-state index contributed by atoms with van der Waals surface area (Å²) in [7, 11) is 0. The van der Waals surface area contributed by atoms with Crippen molar-refractivity contribution in [3.63, 3.8) is 0 Å². The van der Waals surface area contributed by atoms with E-state index in [0.717, 1.165) is 19.0 Å². The molecule has 1 saturated heterocycles. The summed E-state index contributed by atoms with van der Waals surface area (Å²) in [6.07, 6.45) is 0.485. The van der Waals surface area contributed by atoms with Crippen molar-refractivity contribution in [1.82, 2.24) is 10.6 Å². The van der Waals surface area contributed by atoms with Crippen LogP contribution in [-0.2, 0) is 0 Å². The highest BCUT2D eigenvalue weighted by atomic mass is 15.2. The van der Waals surface area contributed by atoms with E-state index < -0.39 is 0 Å². The van der Waals surface area contributed by atoms with Crippen molar-refractivity contribution < 1.29 is 0 Å². The van der Waals surface area contributed by atoms with Crippen LogP contribution in [0.2, 0.25) is 0 Å². The zero-order valence-electron chi connectivity index (χ0n) is 8.07. The summed E-state index contributed by atoms with van der Waals surface area (Å²) in [5.41, 5.74) is 0.333. The Bertz CT molecular complexity index is 118. The van der Waals surface area contributed by atoms with Crippen molar-refractivity contribution in [3.8, 4) is 0 Å². The van der Waals surface area contributed by atoms with Crippen LogP contribution in [0.1, 0.15) is 27.7 Å². The molecule has 0 amide bonds. The van der Waals surface area contributed by atoms with Gasteiger partial charge in [-0.3, -0.25) is 0 Å². The molecule has 0 bridgehead atoms. The lowest BCUT2D eigenvalue weighted by Crippen LogP contribution is -2.57. The van der Waals surface area contributed by atoms with Crippen molar-refractivity contribution in [2.24, 2.45) is 11.3 Å². The fourth-order valence-corrected chi connectivity index (χ4v) is 1.39. The van der Waals surface area contributed by atoms with Gasteiger partial charge in [0.05, 0.1) is 6.17 Å². The van der Waals surface area contributed by atoms with Gasteiger partial charge in [0.15, 0.2) is 0 Å². The quantitative estimate of drug-likeness (QED) is 0.550. The van der Waals surface area contributed by atoms with Gasteiger partial charge in [-0.25, -0.2) is 0 Å². The van der Waals surface area contributed by atoms with E-state index in [1.807, 2.05) is 0 Å². The SMILES string of the molecule is CC1CNC(C(C)(C)C)NC1. The van der Waals surface area contributed by atoms with E-state index >= 15 is 0 Å². The first-order valence-corrected chi connectivity index (χ1v) is 4.47. The third kappa shape index (κ3) is 2.46. The highest BCUT2D eigenvalue weighted by Crippen LogP contribution is 2.19. The fraction of sp³-hybridized carbons (Fsp3) is 1.00. The van der Waals surface area contributed by atoms with Gasteiger partial charge < -0.3 is 10.6 Å². The van der Waals surface area contributed by atoms with E-state index in [-0.39, 0.29) is 0 Å². The molecule has 11 heavy (non-hydrogen) atoms. The van der Waals surface area contributed by atoms with Gasteiger partial charge in [-0.2, -0.15) is 0 Å². The average Bonchev–Trinajstić information content (AvgIpc) is 1.86. The molecule has 1 fully saturated rings. The lowest BCUT2D eigenvalue weighted by molar-refractivity contribution is 0.179. The second kappa shape index (κ2) is 3.11. The van der Waals surface area contributed by atoms with Gasteiger partial charge in [0, 0.05) is 13.1 Å². The van der Waals surface area contributed by atoms with Crippen LogP contribution in [0.25, 0.3) is 0 Å². The summed E-state index contributed by atoms with van der Waals surface area (Å²) >= 11 is 0. The van der Waals surface area contributed by atoms with Gasteiger partial charge in [0.25, 0.3) is 0 Å². The van der Waals surface area contributed by atoms with Crippen molar-refractivity contribution in [3.05, 3.63) is 0 Å². The zero-order chi connectivity index (χ0) is 8.48. The predicted molar refractivity (Wildman–Crippen MR) is 48.4 cm³/mol. The standard InChI is InChI=1S/C9H20N2/c1-7-5-10-8(11-6-7)9(2,3)4/h7-8,10-11H,5-6H2,1-4H3. The van der Waals surface area contributed by atoms with Gasteiger partial charge in [-0.15, -0.1) is 0 Å². The third-order valence-corrected chi connectivity index (χ3v) is 2.21. The Morgan fingerprint density at radius 1 is 1.09 bits per heavy atom. The zero-order valence-corrected chi connectivity index (χ0v) is 8.07. The molecule has 0 unspecified atom stereocenters. The number of hydrogen-bond acceptors (Lipinski definition) is 2. The first kappa shape index (κ1) is 9.01. The van der Waals surface area contributed by atoms with Crippen LogP contribution >= 0.6 is 0 Å². The van der Waals surface area contributed by atoms with Crippen LogP contribution in [0, 0.1) is 11.3 Å². The number of hydrogen-bond donors (Lipinski definition) is 2. The largest absolute Gasteiger partial charge is 0.301 e. The molecule has 0 saturated carbocycles. The van der Waals surface area contributed by atoms with Crippen molar-refractivity contribution in [2.45, 2.75) is 33.9 Å². The van der Waals surface area contributed by atoms with Crippen molar-refractivity contribution >= 4 is 0 Å². The molecule has 66 valence electrons. The predicted octanol–water partition coefficient (Wildman–Crippen LogP) is 1.19. The second-order valence-corrected chi connectivity index (χ2v) is 4.72. The maximum atomic E-state index is 3.50. The van der Waals surface area contributed by atoms with E-state index in [9.17, 15) is 0 Å². The minimum absolute atomic E-state index is 0.333. The monoisotopic (exact) mass is 156 g/mol. The Labute approximate surface area is 69.8 Å². The van der Waals surface area contributed by atoms with Gasteiger partial charge in [0.1, 0.15) is 0 Å². The molecule has 1 heterocycles. The third-order valence-electron chi connectivity index (χ3n) is 2.21. The van der Waals surface area contributed by atoms with Gasteiger partial charge in [-0.05, 0) is 11.3 Å². The lowest BCUT2D eigenvalue weighted by Gasteiger charge is -2.37. The topological polar surface area (TPSA) is 24.1 Å². The molecule has 0 aromatic carbocycles. The maximum Gasteiger partial charge on any atom is 0.0621 e. The molecule has 0 aromatic heterocycles. The molecular formula is C9H20N2. The average molecular weight is 156 g/mol. The minimum Gasteiger partial charge on any atom is -0.301 e. The molecule has 1 aliphatic rings. The molecule has 0 atom stereocenters. The minimum atomic E-state index is 0.333. The molecule has 0 radical (unpaired) electrons. The Morgan fingerprint density at radius 2 is 1.55 bits per heavy atom. The molecule has 1 aliphatic heterocycles. The van der Waals surface area contributed by atoms with Crippen LogP contribution in [0.15, 0.2) is 0 Å². The van der Waals surface area contributed by atoms with E-state index in [1.165, 1.54) is 0 Å².